The van der Waals surface area contributed by atoms with Crippen LogP contribution in [0.5, 0.6) is 11.5 Å². The molecule has 1 aliphatic rings. The van der Waals surface area contributed by atoms with Gasteiger partial charge < -0.3 is 13.9 Å². The maximum atomic E-state index is 13.2. The Morgan fingerprint density at radius 1 is 1.09 bits per heavy atom. The summed E-state index contributed by atoms with van der Waals surface area (Å²) >= 11 is 0. The molecule has 0 spiro atoms. The first-order valence-corrected chi connectivity index (χ1v) is 11.9. The second-order valence-electron chi connectivity index (χ2n) is 7.46. The molecular formula is C23H23N3O6S. The van der Waals surface area contributed by atoms with E-state index in [0.29, 0.717) is 34.9 Å². The van der Waals surface area contributed by atoms with Crippen LogP contribution in [-0.2, 0) is 10.0 Å². The van der Waals surface area contributed by atoms with Gasteiger partial charge in [0.15, 0.2) is 17.3 Å². The van der Waals surface area contributed by atoms with E-state index in [9.17, 15) is 13.2 Å². The number of ether oxygens (including phenoxy) is 2. The molecule has 0 aliphatic carbocycles. The lowest BCUT2D eigenvalue weighted by molar-refractivity contribution is 0.0678. The summed E-state index contributed by atoms with van der Waals surface area (Å²) in [5.41, 5.74) is 2.55. The number of amides is 1. The minimum atomic E-state index is -3.43. The summed E-state index contributed by atoms with van der Waals surface area (Å²) in [6, 6.07) is 15.1. The highest BCUT2D eigenvalue weighted by atomic mass is 32.2. The van der Waals surface area contributed by atoms with Crippen LogP contribution >= 0.6 is 0 Å². The van der Waals surface area contributed by atoms with E-state index in [4.69, 9.17) is 13.9 Å². The fraction of sp³-hybridized carbons (Fsp3) is 0.217. The monoisotopic (exact) mass is 469 g/mol. The van der Waals surface area contributed by atoms with Crippen LogP contribution in [0.1, 0.15) is 34.1 Å². The van der Waals surface area contributed by atoms with E-state index in [2.05, 4.69) is 9.82 Å². The molecule has 1 N–H and O–H groups in total. The zero-order chi connectivity index (χ0) is 23.6. The maximum absolute atomic E-state index is 13.2. The number of methoxy groups -OCH3 is 2. The average Bonchev–Trinajstić information content (AvgIpc) is 3.48. The Bertz CT molecular complexity index is 1300. The summed E-state index contributed by atoms with van der Waals surface area (Å²) in [6.45, 7) is 0. The smallest absolute Gasteiger partial charge is 0.310 e. The molecule has 9 nitrogen and oxygen atoms in total. The van der Waals surface area contributed by atoms with Crippen LogP contribution in [0, 0.1) is 0 Å². The number of furan rings is 1. The van der Waals surface area contributed by atoms with Crippen LogP contribution in [0.25, 0.3) is 0 Å². The molecule has 1 atom stereocenters. The molecule has 0 bridgehead atoms. The van der Waals surface area contributed by atoms with Gasteiger partial charge in [-0.2, -0.15) is 5.10 Å². The van der Waals surface area contributed by atoms with Crippen molar-refractivity contribution >= 4 is 27.3 Å². The summed E-state index contributed by atoms with van der Waals surface area (Å²) in [5.74, 6) is 0.884. The molecule has 1 aliphatic heterocycles. The van der Waals surface area contributed by atoms with Crippen molar-refractivity contribution in [2.75, 3.05) is 25.2 Å². The van der Waals surface area contributed by atoms with Crippen molar-refractivity contribution < 1.29 is 27.1 Å². The lowest BCUT2D eigenvalue weighted by Crippen LogP contribution is -2.26. The largest absolute Gasteiger partial charge is 0.493 e. The van der Waals surface area contributed by atoms with Crippen LogP contribution in [0.2, 0.25) is 0 Å². The van der Waals surface area contributed by atoms with Crippen molar-refractivity contribution in [3.8, 4) is 11.5 Å². The third-order valence-electron chi connectivity index (χ3n) is 5.14. The number of benzene rings is 2. The summed E-state index contributed by atoms with van der Waals surface area (Å²) in [4.78, 5) is 13.2. The fourth-order valence-electron chi connectivity index (χ4n) is 3.68. The molecule has 0 saturated carbocycles. The number of rotatable bonds is 7. The third kappa shape index (κ3) is 4.85. The normalized spacial score (nSPS) is 15.8. The van der Waals surface area contributed by atoms with E-state index < -0.39 is 16.1 Å². The van der Waals surface area contributed by atoms with Gasteiger partial charge in [0.05, 0.1) is 38.5 Å². The fourth-order valence-corrected chi connectivity index (χ4v) is 4.24. The number of hydrogen-bond acceptors (Lipinski definition) is 7. The van der Waals surface area contributed by atoms with Crippen LogP contribution in [0.4, 0.5) is 5.69 Å². The van der Waals surface area contributed by atoms with Crippen molar-refractivity contribution in [1.29, 1.82) is 0 Å². The van der Waals surface area contributed by atoms with E-state index in [1.54, 1.807) is 50.6 Å². The highest BCUT2D eigenvalue weighted by molar-refractivity contribution is 7.92. The predicted octanol–water partition coefficient (Wildman–Crippen LogP) is 3.66. The zero-order valence-corrected chi connectivity index (χ0v) is 19.1. The quantitative estimate of drug-likeness (QED) is 0.565. The van der Waals surface area contributed by atoms with Gasteiger partial charge in [0, 0.05) is 12.1 Å². The van der Waals surface area contributed by atoms with E-state index in [1.807, 2.05) is 18.2 Å². The maximum Gasteiger partial charge on any atom is 0.310 e. The zero-order valence-electron chi connectivity index (χ0n) is 18.3. The first kappa shape index (κ1) is 22.4. The molecule has 1 aromatic heterocycles. The Balaban J connectivity index is 1.73. The molecule has 0 radical (unpaired) electrons. The second-order valence-corrected chi connectivity index (χ2v) is 9.21. The molecule has 33 heavy (non-hydrogen) atoms. The number of carbonyl (C=O) groups is 1. The summed E-state index contributed by atoms with van der Waals surface area (Å²) < 4.78 is 41.8. The number of sulfonamides is 1. The van der Waals surface area contributed by atoms with Crippen molar-refractivity contribution in [2.45, 2.75) is 12.5 Å². The van der Waals surface area contributed by atoms with E-state index >= 15 is 0 Å². The van der Waals surface area contributed by atoms with Gasteiger partial charge in [0.1, 0.15) is 0 Å². The Kier molecular flexibility index (Phi) is 6.10. The Morgan fingerprint density at radius 3 is 2.55 bits per heavy atom. The van der Waals surface area contributed by atoms with E-state index in [1.165, 1.54) is 11.3 Å². The van der Waals surface area contributed by atoms with Gasteiger partial charge >= 0.3 is 5.91 Å². The average molecular weight is 470 g/mol. The number of hydrogen-bond donors (Lipinski definition) is 1. The first-order chi connectivity index (χ1) is 15.8. The van der Waals surface area contributed by atoms with Crippen LogP contribution in [0.3, 0.4) is 0 Å². The van der Waals surface area contributed by atoms with Gasteiger partial charge in [0.2, 0.25) is 10.0 Å². The number of nitrogens with zero attached hydrogens (tertiary/aromatic N) is 2. The van der Waals surface area contributed by atoms with Crippen LogP contribution < -0.4 is 14.2 Å². The molecular weight excluding hydrogens is 446 g/mol. The first-order valence-electron chi connectivity index (χ1n) is 10.0. The number of nitrogens with one attached hydrogen (secondary N) is 1. The van der Waals surface area contributed by atoms with Crippen LogP contribution in [0.15, 0.2) is 70.4 Å². The summed E-state index contributed by atoms with van der Waals surface area (Å²) in [6.07, 6.45) is 2.92. The van der Waals surface area contributed by atoms with E-state index in [0.717, 1.165) is 11.8 Å². The SMILES string of the molecule is COc1ccc([C@@H]2CC(c3cccc(NS(C)(=O)=O)c3)=NN2C(=O)c2ccco2)cc1OC. The van der Waals surface area contributed by atoms with Crippen LogP contribution in [-0.4, -0.2) is 45.5 Å². The summed E-state index contributed by atoms with van der Waals surface area (Å²) in [5, 5.41) is 5.98. The van der Waals surface area contributed by atoms with Crippen molar-refractivity contribution in [2.24, 2.45) is 5.10 Å². The Labute approximate surface area is 191 Å². The van der Waals surface area contributed by atoms with Crippen molar-refractivity contribution in [1.82, 2.24) is 5.01 Å². The predicted molar refractivity (Wildman–Crippen MR) is 123 cm³/mol. The third-order valence-corrected chi connectivity index (χ3v) is 5.75. The number of carbonyl (C=O) groups excluding carboxylic acids is 1. The Morgan fingerprint density at radius 2 is 1.88 bits per heavy atom. The Hall–Kier alpha value is -3.79. The number of anilines is 1. The molecule has 172 valence electrons. The van der Waals surface area contributed by atoms with Gasteiger partial charge in [-0.3, -0.25) is 9.52 Å². The molecule has 3 aromatic rings. The number of hydrazone groups is 1. The molecule has 2 aromatic carbocycles. The molecule has 2 heterocycles. The summed E-state index contributed by atoms with van der Waals surface area (Å²) in [7, 11) is -0.332. The highest BCUT2D eigenvalue weighted by Crippen LogP contribution is 2.38. The lowest BCUT2D eigenvalue weighted by atomic mass is 9.97. The molecule has 0 unspecified atom stereocenters. The van der Waals surface area contributed by atoms with Crippen molar-refractivity contribution in [3.05, 3.63) is 77.7 Å². The van der Waals surface area contributed by atoms with E-state index in [-0.39, 0.29) is 11.7 Å². The van der Waals surface area contributed by atoms with Crippen molar-refractivity contribution in [3.63, 3.8) is 0 Å². The lowest BCUT2D eigenvalue weighted by Gasteiger charge is -2.22. The standard InChI is InChI=1S/C23H23N3O6S/c1-30-20-10-9-16(13-22(20)31-2)19-14-18(24-26(19)23(27)21-8-5-11-32-21)15-6-4-7-17(12-15)25-33(3,28)29/h4-13,19,25H,14H2,1-3H3/t19-/m0/s1. The molecule has 10 heteroatoms. The van der Waals surface area contributed by atoms with Gasteiger partial charge in [0.25, 0.3) is 0 Å². The molecule has 1 amide bonds. The minimum Gasteiger partial charge on any atom is -0.493 e. The molecule has 0 saturated heterocycles. The molecule has 4 rings (SSSR count). The second kappa shape index (κ2) is 8.99. The van der Waals surface area contributed by atoms with Gasteiger partial charge in [-0.25, -0.2) is 13.4 Å². The van der Waals surface area contributed by atoms with Gasteiger partial charge in [-0.1, -0.05) is 18.2 Å². The van der Waals surface area contributed by atoms with Gasteiger partial charge in [-0.15, -0.1) is 0 Å². The molecule has 0 fully saturated rings. The highest BCUT2D eigenvalue weighted by Gasteiger charge is 2.35. The van der Waals surface area contributed by atoms with Gasteiger partial charge in [-0.05, 0) is 47.5 Å². The topological polar surface area (TPSA) is 110 Å². The minimum absolute atomic E-state index is 0.165.